The molecule has 94 valence electrons. The molecule has 0 aliphatic heterocycles. The summed E-state index contributed by atoms with van der Waals surface area (Å²) in [7, 11) is 0. The minimum absolute atomic E-state index is 0.0356. The minimum Gasteiger partial charge on any atom is -0.484 e. The van der Waals surface area contributed by atoms with Crippen LogP contribution in [0.5, 0.6) is 5.75 Å². The fraction of sp³-hybridized carbons (Fsp3) is 0.214. The van der Waals surface area contributed by atoms with Crippen molar-refractivity contribution in [1.29, 1.82) is 0 Å². The Balaban J connectivity index is 1.75. The highest BCUT2D eigenvalue weighted by molar-refractivity contribution is 5.77. The van der Waals surface area contributed by atoms with Gasteiger partial charge in [-0.3, -0.25) is 4.79 Å². The van der Waals surface area contributed by atoms with E-state index in [9.17, 15) is 4.79 Å². The smallest absolute Gasteiger partial charge is 0.258 e. The highest BCUT2D eigenvalue weighted by Crippen LogP contribution is 2.11. The number of carbonyl (C=O) groups is 1. The van der Waals surface area contributed by atoms with E-state index in [1.54, 1.807) is 0 Å². The lowest BCUT2D eigenvalue weighted by Crippen LogP contribution is -2.28. The summed E-state index contributed by atoms with van der Waals surface area (Å²) in [6.07, 6.45) is 3.67. The largest absolute Gasteiger partial charge is 0.484 e. The lowest BCUT2D eigenvalue weighted by atomic mass is 10.2. The van der Waals surface area contributed by atoms with Crippen molar-refractivity contribution < 1.29 is 9.53 Å². The maximum Gasteiger partial charge on any atom is 0.258 e. The van der Waals surface area contributed by atoms with Crippen LogP contribution in [0, 0.1) is 6.92 Å². The van der Waals surface area contributed by atoms with Crippen molar-refractivity contribution in [2.45, 2.75) is 13.5 Å². The maximum atomic E-state index is 11.6. The first-order valence-corrected chi connectivity index (χ1v) is 5.82. The van der Waals surface area contributed by atoms with E-state index in [-0.39, 0.29) is 12.5 Å². The zero-order valence-corrected chi connectivity index (χ0v) is 10.3. The van der Waals surface area contributed by atoms with Crippen molar-refractivity contribution >= 4 is 5.91 Å². The summed E-state index contributed by atoms with van der Waals surface area (Å²) in [5.74, 6) is 0.588. The van der Waals surface area contributed by atoms with E-state index >= 15 is 0 Å². The molecule has 2 aromatic rings. The lowest BCUT2D eigenvalue weighted by molar-refractivity contribution is -0.123. The van der Waals surface area contributed by atoms with E-state index in [0.717, 1.165) is 11.1 Å². The molecule has 0 spiro atoms. The fourth-order valence-electron chi connectivity index (χ4n) is 1.57. The molecule has 1 aromatic carbocycles. The van der Waals surface area contributed by atoms with Crippen LogP contribution in [0.3, 0.4) is 0 Å². The highest BCUT2D eigenvalue weighted by Gasteiger charge is 2.03. The van der Waals surface area contributed by atoms with Crippen LogP contribution in [-0.2, 0) is 11.3 Å². The molecule has 4 nitrogen and oxygen atoms in total. The van der Waals surface area contributed by atoms with Crippen molar-refractivity contribution in [2.75, 3.05) is 6.61 Å². The monoisotopic (exact) mass is 244 g/mol. The Morgan fingerprint density at radius 2 is 2.28 bits per heavy atom. The van der Waals surface area contributed by atoms with Crippen molar-refractivity contribution in [3.8, 4) is 5.75 Å². The van der Waals surface area contributed by atoms with Crippen LogP contribution in [0.4, 0.5) is 0 Å². The van der Waals surface area contributed by atoms with Gasteiger partial charge < -0.3 is 15.0 Å². The molecule has 2 rings (SSSR count). The van der Waals surface area contributed by atoms with Gasteiger partial charge in [-0.15, -0.1) is 0 Å². The van der Waals surface area contributed by atoms with Crippen molar-refractivity contribution in [3.63, 3.8) is 0 Å². The van der Waals surface area contributed by atoms with Gasteiger partial charge in [0.2, 0.25) is 0 Å². The average molecular weight is 244 g/mol. The number of carbonyl (C=O) groups excluding carboxylic acids is 1. The Morgan fingerprint density at radius 3 is 3.00 bits per heavy atom. The number of aromatic nitrogens is 1. The van der Waals surface area contributed by atoms with Crippen molar-refractivity contribution in [3.05, 3.63) is 53.9 Å². The molecular weight excluding hydrogens is 228 g/mol. The van der Waals surface area contributed by atoms with Gasteiger partial charge in [-0.05, 0) is 36.2 Å². The lowest BCUT2D eigenvalue weighted by Gasteiger charge is -2.07. The number of rotatable bonds is 5. The van der Waals surface area contributed by atoms with Crippen molar-refractivity contribution in [1.82, 2.24) is 10.3 Å². The number of ether oxygens (including phenoxy) is 1. The van der Waals surface area contributed by atoms with Gasteiger partial charge in [-0.1, -0.05) is 12.1 Å². The molecule has 0 atom stereocenters. The first-order chi connectivity index (χ1) is 8.74. The SMILES string of the molecule is Cc1cccc(OCC(=O)NCc2cc[nH]c2)c1. The summed E-state index contributed by atoms with van der Waals surface area (Å²) in [5.41, 5.74) is 2.15. The van der Waals surface area contributed by atoms with Crippen LogP contribution in [0.25, 0.3) is 0 Å². The minimum atomic E-state index is -0.127. The number of hydrogen-bond acceptors (Lipinski definition) is 2. The summed E-state index contributed by atoms with van der Waals surface area (Å²) in [5, 5.41) is 2.79. The highest BCUT2D eigenvalue weighted by atomic mass is 16.5. The predicted molar refractivity (Wildman–Crippen MR) is 69.3 cm³/mol. The van der Waals surface area contributed by atoms with E-state index in [2.05, 4.69) is 10.3 Å². The third-order valence-electron chi connectivity index (χ3n) is 2.51. The number of aryl methyl sites for hydroxylation is 1. The Hall–Kier alpha value is -2.23. The van der Waals surface area contributed by atoms with Crippen LogP contribution in [0.1, 0.15) is 11.1 Å². The molecule has 0 aliphatic carbocycles. The molecule has 0 aliphatic rings. The third kappa shape index (κ3) is 3.66. The zero-order chi connectivity index (χ0) is 12.8. The molecule has 0 unspecified atom stereocenters. The maximum absolute atomic E-state index is 11.6. The Morgan fingerprint density at radius 1 is 1.39 bits per heavy atom. The van der Waals surface area contributed by atoms with Crippen molar-refractivity contribution in [2.24, 2.45) is 0 Å². The standard InChI is InChI=1S/C14H16N2O2/c1-11-3-2-4-13(7-11)18-10-14(17)16-9-12-5-6-15-8-12/h2-8,15H,9-10H2,1H3,(H,16,17). The first kappa shape index (κ1) is 12.2. The first-order valence-electron chi connectivity index (χ1n) is 5.82. The molecule has 18 heavy (non-hydrogen) atoms. The molecule has 4 heteroatoms. The van der Waals surface area contributed by atoms with Gasteiger partial charge in [0.05, 0.1) is 0 Å². The molecule has 0 saturated carbocycles. The summed E-state index contributed by atoms with van der Waals surface area (Å²) in [6.45, 7) is 2.53. The van der Waals surface area contributed by atoms with Crippen LogP contribution in [-0.4, -0.2) is 17.5 Å². The Kier molecular flexibility index (Phi) is 4.02. The second-order valence-corrected chi connectivity index (χ2v) is 4.10. The van der Waals surface area contributed by atoms with Crippen LogP contribution in [0.2, 0.25) is 0 Å². The molecule has 1 aromatic heterocycles. The number of benzene rings is 1. The van der Waals surface area contributed by atoms with Gasteiger partial charge >= 0.3 is 0 Å². The van der Waals surface area contributed by atoms with Gasteiger partial charge in [0, 0.05) is 18.9 Å². The number of aromatic amines is 1. The molecule has 2 N–H and O–H groups in total. The molecule has 0 bridgehead atoms. The van der Waals surface area contributed by atoms with Crippen LogP contribution < -0.4 is 10.1 Å². The molecular formula is C14H16N2O2. The second kappa shape index (κ2) is 5.91. The van der Waals surface area contributed by atoms with Gasteiger partial charge in [0.15, 0.2) is 6.61 Å². The average Bonchev–Trinajstić information content (AvgIpc) is 2.87. The van der Waals surface area contributed by atoms with E-state index < -0.39 is 0 Å². The van der Waals surface area contributed by atoms with E-state index in [1.165, 1.54) is 0 Å². The third-order valence-corrected chi connectivity index (χ3v) is 2.51. The normalized spacial score (nSPS) is 10.1. The number of nitrogens with one attached hydrogen (secondary N) is 2. The van der Waals surface area contributed by atoms with Gasteiger partial charge in [-0.25, -0.2) is 0 Å². The second-order valence-electron chi connectivity index (χ2n) is 4.10. The predicted octanol–water partition coefficient (Wildman–Crippen LogP) is 2.02. The topological polar surface area (TPSA) is 54.1 Å². The fourth-order valence-corrected chi connectivity index (χ4v) is 1.57. The summed E-state index contributed by atoms with van der Waals surface area (Å²) < 4.78 is 5.40. The van der Waals surface area contributed by atoms with Gasteiger partial charge in [-0.2, -0.15) is 0 Å². The Labute approximate surface area is 106 Å². The van der Waals surface area contributed by atoms with E-state index in [1.807, 2.05) is 49.6 Å². The number of H-pyrrole nitrogens is 1. The van der Waals surface area contributed by atoms with Crippen LogP contribution in [0.15, 0.2) is 42.7 Å². The van der Waals surface area contributed by atoms with Gasteiger partial charge in [0.1, 0.15) is 5.75 Å². The molecule has 1 heterocycles. The van der Waals surface area contributed by atoms with Crippen LogP contribution >= 0.6 is 0 Å². The summed E-state index contributed by atoms with van der Waals surface area (Å²) >= 11 is 0. The molecule has 0 radical (unpaired) electrons. The summed E-state index contributed by atoms with van der Waals surface area (Å²) in [6, 6.07) is 9.55. The zero-order valence-electron chi connectivity index (χ0n) is 10.3. The molecule has 0 saturated heterocycles. The Bertz CT molecular complexity index is 506. The molecule has 1 amide bonds. The van der Waals surface area contributed by atoms with Gasteiger partial charge in [0.25, 0.3) is 5.91 Å². The molecule has 0 fully saturated rings. The van der Waals surface area contributed by atoms with E-state index in [4.69, 9.17) is 4.74 Å². The van der Waals surface area contributed by atoms with E-state index in [0.29, 0.717) is 12.3 Å². The summed E-state index contributed by atoms with van der Waals surface area (Å²) in [4.78, 5) is 14.5. The number of hydrogen-bond donors (Lipinski definition) is 2. The quantitative estimate of drug-likeness (QED) is 0.845. The number of amides is 1.